The van der Waals surface area contributed by atoms with Gasteiger partial charge in [-0.2, -0.15) is 0 Å². The Labute approximate surface area is 116 Å². The van der Waals surface area contributed by atoms with E-state index in [2.05, 4.69) is 47.5 Å². The van der Waals surface area contributed by atoms with E-state index < -0.39 is 0 Å². The highest BCUT2D eigenvalue weighted by atomic mass is 16.5. The lowest BCUT2D eigenvalue weighted by atomic mass is 10.2. The van der Waals surface area contributed by atoms with Crippen molar-refractivity contribution < 1.29 is 4.74 Å². The van der Waals surface area contributed by atoms with E-state index >= 15 is 0 Å². The molecule has 1 saturated heterocycles. The summed E-state index contributed by atoms with van der Waals surface area (Å²) in [6, 6.07) is 11.8. The van der Waals surface area contributed by atoms with Gasteiger partial charge in [0, 0.05) is 38.3 Å². The van der Waals surface area contributed by atoms with Crippen molar-refractivity contribution in [3.63, 3.8) is 0 Å². The zero-order chi connectivity index (χ0) is 13.5. The number of benzene rings is 1. The molecule has 0 amide bonds. The van der Waals surface area contributed by atoms with Crippen LogP contribution in [0.15, 0.2) is 30.3 Å². The molecule has 2 rings (SSSR count). The molecule has 0 aliphatic carbocycles. The maximum atomic E-state index is 5.45. The average Bonchev–Trinajstić information content (AvgIpc) is 2.85. The highest BCUT2D eigenvalue weighted by molar-refractivity contribution is 5.14. The summed E-state index contributed by atoms with van der Waals surface area (Å²) in [5.41, 5.74) is 1.41. The van der Waals surface area contributed by atoms with Gasteiger partial charge < -0.3 is 10.1 Å². The van der Waals surface area contributed by atoms with Crippen LogP contribution in [0.1, 0.15) is 25.8 Å². The molecule has 1 fully saturated rings. The van der Waals surface area contributed by atoms with Gasteiger partial charge in [0.05, 0.1) is 6.61 Å². The minimum absolute atomic E-state index is 0.446. The quantitative estimate of drug-likeness (QED) is 0.816. The normalized spacial score (nSPS) is 21.7. The van der Waals surface area contributed by atoms with Crippen LogP contribution in [0.3, 0.4) is 0 Å². The Morgan fingerprint density at radius 1 is 1.37 bits per heavy atom. The number of hydrogen-bond donors (Lipinski definition) is 1. The molecule has 106 valence electrons. The zero-order valence-electron chi connectivity index (χ0n) is 12.1. The molecule has 1 heterocycles. The van der Waals surface area contributed by atoms with Gasteiger partial charge in [0.2, 0.25) is 0 Å². The first kappa shape index (κ1) is 14.5. The molecule has 0 radical (unpaired) electrons. The van der Waals surface area contributed by atoms with Crippen molar-refractivity contribution in [3.8, 4) is 0 Å². The fraction of sp³-hybridized carbons (Fsp3) is 0.625. The van der Waals surface area contributed by atoms with E-state index in [-0.39, 0.29) is 0 Å². The largest absolute Gasteiger partial charge is 0.380 e. The van der Waals surface area contributed by atoms with E-state index in [1.54, 1.807) is 0 Å². The minimum atomic E-state index is 0.446. The Balaban J connectivity index is 1.71. The lowest BCUT2D eigenvalue weighted by Crippen LogP contribution is -2.40. The van der Waals surface area contributed by atoms with Gasteiger partial charge in [-0.15, -0.1) is 0 Å². The van der Waals surface area contributed by atoms with Crippen LogP contribution >= 0.6 is 0 Å². The van der Waals surface area contributed by atoms with E-state index in [1.165, 1.54) is 18.5 Å². The number of hydrogen-bond acceptors (Lipinski definition) is 3. The molecule has 19 heavy (non-hydrogen) atoms. The van der Waals surface area contributed by atoms with Gasteiger partial charge in [-0.25, -0.2) is 0 Å². The van der Waals surface area contributed by atoms with Crippen molar-refractivity contribution in [1.82, 2.24) is 10.2 Å². The highest BCUT2D eigenvalue weighted by Gasteiger charge is 2.23. The van der Waals surface area contributed by atoms with E-state index in [9.17, 15) is 0 Å². The monoisotopic (exact) mass is 262 g/mol. The van der Waals surface area contributed by atoms with Gasteiger partial charge in [-0.3, -0.25) is 4.90 Å². The van der Waals surface area contributed by atoms with Gasteiger partial charge >= 0.3 is 0 Å². The van der Waals surface area contributed by atoms with Crippen molar-refractivity contribution in [2.24, 2.45) is 0 Å². The average molecular weight is 262 g/mol. The molecule has 1 aliphatic heterocycles. The van der Waals surface area contributed by atoms with E-state index in [0.717, 1.165) is 26.3 Å². The van der Waals surface area contributed by atoms with Gasteiger partial charge in [-0.1, -0.05) is 30.3 Å². The zero-order valence-corrected chi connectivity index (χ0v) is 12.1. The second-order valence-corrected chi connectivity index (χ2v) is 5.43. The lowest BCUT2D eigenvalue weighted by molar-refractivity contribution is 0.123. The predicted molar refractivity (Wildman–Crippen MR) is 79.2 cm³/mol. The summed E-state index contributed by atoms with van der Waals surface area (Å²) in [6.07, 6.45) is 1.24. The third-order valence-corrected chi connectivity index (χ3v) is 3.61. The smallest absolute Gasteiger partial charge is 0.0616 e. The molecule has 1 aliphatic rings. The number of ether oxygens (including phenoxy) is 1. The first-order chi connectivity index (χ1) is 9.28. The molecule has 0 aromatic heterocycles. The van der Waals surface area contributed by atoms with E-state index in [0.29, 0.717) is 12.1 Å². The molecule has 1 aromatic rings. The van der Waals surface area contributed by atoms with Gasteiger partial charge in [0.15, 0.2) is 0 Å². The molecule has 1 aromatic carbocycles. The molecule has 2 unspecified atom stereocenters. The molecule has 1 N–H and O–H groups in total. The standard InChI is InChI=1S/C16H26N2O/c1-3-19-13-14(2)17-16-9-10-18(12-16)11-15-7-5-4-6-8-15/h4-8,14,16-17H,3,9-13H2,1-2H3. The Morgan fingerprint density at radius 3 is 2.89 bits per heavy atom. The van der Waals surface area contributed by atoms with Crippen molar-refractivity contribution >= 4 is 0 Å². The Kier molecular flexibility index (Phi) is 5.83. The summed E-state index contributed by atoms with van der Waals surface area (Å²) in [7, 11) is 0. The van der Waals surface area contributed by atoms with Crippen LogP contribution < -0.4 is 5.32 Å². The lowest BCUT2D eigenvalue weighted by Gasteiger charge is -2.20. The maximum absolute atomic E-state index is 5.45. The van der Waals surface area contributed by atoms with Crippen LogP contribution in [0.25, 0.3) is 0 Å². The van der Waals surface area contributed by atoms with Crippen molar-refractivity contribution in [3.05, 3.63) is 35.9 Å². The van der Waals surface area contributed by atoms with Gasteiger partial charge in [-0.05, 0) is 25.8 Å². The second kappa shape index (κ2) is 7.63. The third-order valence-electron chi connectivity index (χ3n) is 3.61. The molecule has 3 nitrogen and oxygen atoms in total. The summed E-state index contributed by atoms with van der Waals surface area (Å²) in [6.45, 7) is 9.26. The molecular weight excluding hydrogens is 236 g/mol. The summed E-state index contributed by atoms with van der Waals surface area (Å²) < 4.78 is 5.45. The fourth-order valence-electron chi connectivity index (χ4n) is 2.70. The summed E-state index contributed by atoms with van der Waals surface area (Å²) in [5.74, 6) is 0. The minimum Gasteiger partial charge on any atom is -0.380 e. The molecule has 0 saturated carbocycles. The summed E-state index contributed by atoms with van der Waals surface area (Å²) in [4.78, 5) is 2.53. The molecule has 2 atom stereocenters. The molecule has 0 bridgehead atoms. The van der Waals surface area contributed by atoms with E-state index in [1.807, 2.05) is 6.92 Å². The van der Waals surface area contributed by atoms with Gasteiger partial charge in [0.25, 0.3) is 0 Å². The number of rotatable bonds is 7. The topological polar surface area (TPSA) is 24.5 Å². The Bertz CT molecular complexity index is 355. The Hall–Kier alpha value is -0.900. The predicted octanol–water partition coefficient (Wildman–Crippen LogP) is 2.28. The van der Waals surface area contributed by atoms with Crippen molar-refractivity contribution in [2.75, 3.05) is 26.3 Å². The van der Waals surface area contributed by atoms with Crippen molar-refractivity contribution in [2.45, 2.75) is 38.9 Å². The maximum Gasteiger partial charge on any atom is 0.0616 e. The first-order valence-electron chi connectivity index (χ1n) is 7.38. The third kappa shape index (κ3) is 4.94. The van der Waals surface area contributed by atoms with Crippen LogP contribution in [0, 0.1) is 0 Å². The van der Waals surface area contributed by atoms with Crippen molar-refractivity contribution in [1.29, 1.82) is 0 Å². The molecule has 0 spiro atoms. The van der Waals surface area contributed by atoms with Crippen LogP contribution in [0.4, 0.5) is 0 Å². The van der Waals surface area contributed by atoms with Crippen LogP contribution in [-0.2, 0) is 11.3 Å². The number of nitrogens with zero attached hydrogens (tertiary/aromatic N) is 1. The Morgan fingerprint density at radius 2 is 2.16 bits per heavy atom. The fourth-order valence-corrected chi connectivity index (χ4v) is 2.70. The second-order valence-electron chi connectivity index (χ2n) is 5.43. The van der Waals surface area contributed by atoms with E-state index in [4.69, 9.17) is 4.74 Å². The SMILES string of the molecule is CCOCC(C)NC1CCN(Cc2ccccc2)C1. The van der Waals surface area contributed by atoms with Crippen LogP contribution in [0.5, 0.6) is 0 Å². The summed E-state index contributed by atoms with van der Waals surface area (Å²) >= 11 is 0. The van der Waals surface area contributed by atoms with Crippen LogP contribution in [-0.4, -0.2) is 43.3 Å². The summed E-state index contributed by atoms with van der Waals surface area (Å²) in [5, 5.41) is 3.66. The molecule has 3 heteroatoms. The van der Waals surface area contributed by atoms with Crippen LogP contribution in [0.2, 0.25) is 0 Å². The highest BCUT2D eigenvalue weighted by Crippen LogP contribution is 2.13. The number of nitrogens with one attached hydrogen (secondary N) is 1. The number of likely N-dealkylation sites (tertiary alicyclic amines) is 1. The van der Waals surface area contributed by atoms with Gasteiger partial charge in [0.1, 0.15) is 0 Å². The molecular formula is C16H26N2O. The first-order valence-corrected chi connectivity index (χ1v) is 7.38.